The zero-order valence-corrected chi connectivity index (χ0v) is 9.10. The van der Waals surface area contributed by atoms with Crippen molar-refractivity contribution in [1.82, 2.24) is 9.38 Å². The number of aromatic carboxylic acids is 1. The summed E-state index contributed by atoms with van der Waals surface area (Å²) in [6.45, 7) is 1.92. The first-order valence-electron chi connectivity index (χ1n) is 4.96. The smallest absolute Gasteiger partial charge is 0.356 e. The number of pyridine rings is 1. The normalized spacial score (nSPS) is 10.6. The highest BCUT2D eigenvalue weighted by Gasteiger charge is 2.17. The molecule has 0 spiro atoms. The molecule has 0 amide bonds. The lowest BCUT2D eigenvalue weighted by Gasteiger charge is -2.05. The Morgan fingerprint density at radius 1 is 1.56 bits per heavy atom. The lowest BCUT2D eigenvalue weighted by Crippen LogP contribution is -1.98. The number of hydrogen-bond acceptors (Lipinski definition) is 3. The quantitative estimate of drug-likeness (QED) is 0.853. The molecule has 0 aromatic carbocycles. The lowest BCUT2D eigenvalue weighted by molar-refractivity contribution is 0.0693. The van der Waals surface area contributed by atoms with Gasteiger partial charge < -0.3 is 9.84 Å². The number of carbonyl (C=O) groups is 1. The number of fused-ring (bicyclic) bond motifs is 1. The Balaban J connectivity index is 2.84. The van der Waals surface area contributed by atoms with Crippen LogP contribution in [0.25, 0.3) is 5.52 Å². The van der Waals surface area contributed by atoms with E-state index in [1.54, 1.807) is 29.7 Å². The predicted molar refractivity (Wildman–Crippen MR) is 58.1 cm³/mol. The maximum atomic E-state index is 11.0. The van der Waals surface area contributed by atoms with Crippen LogP contribution in [0.3, 0.4) is 0 Å². The molecule has 0 saturated heterocycles. The average molecular weight is 220 g/mol. The van der Waals surface area contributed by atoms with E-state index in [4.69, 9.17) is 9.84 Å². The highest BCUT2D eigenvalue weighted by atomic mass is 16.5. The van der Waals surface area contributed by atoms with Crippen LogP contribution < -0.4 is 4.74 Å². The number of carboxylic acids is 1. The summed E-state index contributed by atoms with van der Waals surface area (Å²) < 4.78 is 6.92. The number of hydrogen-bond donors (Lipinski definition) is 1. The summed E-state index contributed by atoms with van der Waals surface area (Å²) in [5.41, 5.74) is 0.624. The van der Waals surface area contributed by atoms with E-state index in [1.165, 1.54) is 0 Å². The molecule has 0 atom stereocenters. The van der Waals surface area contributed by atoms with Gasteiger partial charge >= 0.3 is 5.97 Å². The molecular weight excluding hydrogens is 208 g/mol. The van der Waals surface area contributed by atoms with E-state index in [2.05, 4.69) is 4.98 Å². The maximum absolute atomic E-state index is 11.0. The predicted octanol–water partition coefficient (Wildman–Crippen LogP) is 1.60. The van der Waals surface area contributed by atoms with Gasteiger partial charge in [0.15, 0.2) is 11.6 Å². The molecule has 0 unspecified atom stereocenters. The van der Waals surface area contributed by atoms with Crippen molar-refractivity contribution < 1.29 is 14.6 Å². The zero-order chi connectivity index (χ0) is 11.7. The van der Waals surface area contributed by atoms with Crippen LogP contribution in [0.1, 0.15) is 23.2 Å². The minimum Gasteiger partial charge on any atom is -0.482 e. The van der Waals surface area contributed by atoms with Crippen LogP contribution in [0, 0.1) is 0 Å². The third-order valence-corrected chi connectivity index (χ3v) is 2.42. The molecule has 0 bridgehead atoms. The molecule has 84 valence electrons. The van der Waals surface area contributed by atoms with E-state index in [9.17, 15) is 4.79 Å². The molecule has 2 rings (SSSR count). The van der Waals surface area contributed by atoms with Crippen molar-refractivity contribution in [2.45, 2.75) is 13.3 Å². The van der Waals surface area contributed by atoms with Gasteiger partial charge in [0.25, 0.3) is 0 Å². The van der Waals surface area contributed by atoms with Gasteiger partial charge in [-0.05, 0) is 12.1 Å². The van der Waals surface area contributed by atoms with Crippen molar-refractivity contribution in [3.05, 3.63) is 29.7 Å². The Morgan fingerprint density at radius 2 is 2.31 bits per heavy atom. The summed E-state index contributed by atoms with van der Waals surface area (Å²) in [6, 6.07) is 5.25. The number of ether oxygens (including phenoxy) is 1. The van der Waals surface area contributed by atoms with E-state index >= 15 is 0 Å². The lowest BCUT2D eigenvalue weighted by atomic mass is 10.3. The fourth-order valence-electron chi connectivity index (χ4n) is 1.73. The van der Waals surface area contributed by atoms with Gasteiger partial charge in [0.05, 0.1) is 12.6 Å². The van der Waals surface area contributed by atoms with Crippen molar-refractivity contribution >= 4 is 11.5 Å². The molecule has 0 radical (unpaired) electrons. The monoisotopic (exact) mass is 220 g/mol. The molecule has 0 aliphatic rings. The largest absolute Gasteiger partial charge is 0.482 e. The molecule has 0 aliphatic carbocycles. The molecule has 16 heavy (non-hydrogen) atoms. The van der Waals surface area contributed by atoms with Gasteiger partial charge in [-0.1, -0.05) is 13.0 Å². The fourth-order valence-corrected chi connectivity index (χ4v) is 1.73. The van der Waals surface area contributed by atoms with Crippen molar-refractivity contribution in [2.24, 2.45) is 0 Å². The van der Waals surface area contributed by atoms with Crippen molar-refractivity contribution in [1.29, 1.82) is 0 Å². The Morgan fingerprint density at radius 3 is 2.88 bits per heavy atom. The number of imidazole rings is 1. The van der Waals surface area contributed by atoms with Crippen LogP contribution in [-0.2, 0) is 6.42 Å². The second-order valence-corrected chi connectivity index (χ2v) is 3.32. The minimum atomic E-state index is -1.02. The number of methoxy groups -OCH3 is 1. The molecule has 5 heteroatoms. The molecule has 5 nitrogen and oxygen atoms in total. The first kappa shape index (κ1) is 10.5. The number of nitrogens with zero attached hydrogens (tertiary/aromatic N) is 2. The first-order chi connectivity index (χ1) is 7.69. The molecular formula is C11H12N2O3. The molecule has 2 aromatic heterocycles. The van der Waals surface area contributed by atoms with Gasteiger partial charge in [0.1, 0.15) is 5.82 Å². The van der Waals surface area contributed by atoms with Gasteiger partial charge in [-0.15, -0.1) is 0 Å². The van der Waals surface area contributed by atoms with Crippen molar-refractivity contribution in [2.75, 3.05) is 7.11 Å². The summed E-state index contributed by atoms with van der Waals surface area (Å²) in [5.74, 6) is 0.254. The van der Waals surface area contributed by atoms with Crippen LogP contribution >= 0.6 is 0 Å². The van der Waals surface area contributed by atoms with Gasteiger partial charge in [-0.3, -0.25) is 4.40 Å². The zero-order valence-electron chi connectivity index (χ0n) is 9.10. The van der Waals surface area contributed by atoms with Crippen molar-refractivity contribution in [3.8, 4) is 5.88 Å². The fraction of sp³-hybridized carbons (Fsp3) is 0.273. The van der Waals surface area contributed by atoms with Gasteiger partial charge in [-0.25, -0.2) is 9.78 Å². The van der Waals surface area contributed by atoms with Gasteiger partial charge in [-0.2, -0.15) is 0 Å². The molecule has 2 aromatic rings. The number of aryl methyl sites for hydroxylation is 1. The van der Waals surface area contributed by atoms with E-state index in [0.717, 1.165) is 0 Å². The minimum absolute atomic E-state index is 0.0655. The highest BCUT2D eigenvalue weighted by molar-refractivity contribution is 5.93. The third-order valence-electron chi connectivity index (χ3n) is 2.42. The van der Waals surface area contributed by atoms with Crippen molar-refractivity contribution in [3.63, 3.8) is 0 Å². The third kappa shape index (κ3) is 1.41. The number of carboxylic acid groups (broad SMARTS) is 1. The maximum Gasteiger partial charge on any atom is 0.356 e. The van der Waals surface area contributed by atoms with Gasteiger partial charge in [0, 0.05) is 6.42 Å². The SMILES string of the molecule is CCc1nc(C(=O)O)c2cccc(OC)n12. The molecule has 0 fully saturated rings. The Kier molecular flexibility index (Phi) is 2.52. The second-order valence-electron chi connectivity index (χ2n) is 3.32. The van der Waals surface area contributed by atoms with Gasteiger partial charge in [0.2, 0.25) is 0 Å². The first-order valence-corrected chi connectivity index (χ1v) is 4.96. The van der Waals surface area contributed by atoms with E-state index in [-0.39, 0.29) is 5.69 Å². The molecule has 2 heterocycles. The Hall–Kier alpha value is -2.04. The molecule has 0 saturated carbocycles. The number of aromatic nitrogens is 2. The van der Waals surface area contributed by atoms with Crippen LogP contribution in [0.4, 0.5) is 0 Å². The average Bonchev–Trinajstić information content (AvgIpc) is 2.67. The van der Waals surface area contributed by atoms with Crippen LogP contribution in [-0.4, -0.2) is 27.6 Å². The second kappa shape index (κ2) is 3.84. The summed E-state index contributed by atoms with van der Waals surface area (Å²) in [5, 5.41) is 9.04. The molecule has 1 N–H and O–H groups in total. The topological polar surface area (TPSA) is 63.8 Å². The molecule has 0 aliphatic heterocycles. The highest BCUT2D eigenvalue weighted by Crippen LogP contribution is 2.21. The Bertz CT molecular complexity index is 545. The van der Waals surface area contributed by atoms with Crippen LogP contribution in [0.15, 0.2) is 18.2 Å². The van der Waals surface area contributed by atoms with Crippen LogP contribution in [0.5, 0.6) is 5.88 Å². The number of rotatable bonds is 3. The Labute approximate surface area is 92.3 Å². The standard InChI is InChI=1S/C11H12N2O3/c1-3-8-12-10(11(14)15)7-5-4-6-9(16-2)13(7)8/h4-6H,3H2,1-2H3,(H,14,15). The van der Waals surface area contributed by atoms with E-state index in [0.29, 0.717) is 23.6 Å². The van der Waals surface area contributed by atoms with Crippen LogP contribution in [0.2, 0.25) is 0 Å². The summed E-state index contributed by atoms with van der Waals surface area (Å²) >= 11 is 0. The summed E-state index contributed by atoms with van der Waals surface area (Å²) in [7, 11) is 1.55. The summed E-state index contributed by atoms with van der Waals surface area (Å²) in [6.07, 6.45) is 0.648. The van der Waals surface area contributed by atoms with E-state index < -0.39 is 5.97 Å². The summed E-state index contributed by atoms with van der Waals surface area (Å²) in [4.78, 5) is 15.1. The van der Waals surface area contributed by atoms with E-state index in [1.807, 2.05) is 6.92 Å².